The molecule has 5 nitrogen and oxygen atoms in total. The Bertz CT molecular complexity index is 732. The van der Waals surface area contributed by atoms with Gasteiger partial charge in [-0.2, -0.15) is 0 Å². The largest absolute Gasteiger partial charge is 0.490 e. The molecule has 1 fully saturated rings. The Kier molecular flexibility index (Phi) is 7.58. The molecule has 0 atom stereocenters. The Morgan fingerprint density at radius 2 is 2.04 bits per heavy atom. The van der Waals surface area contributed by atoms with Crippen molar-refractivity contribution in [2.45, 2.75) is 40.7 Å². The van der Waals surface area contributed by atoms with Crippen LogP contribution in [0.2, 0.25) is 0 Å². The predicted octanol–water partition coefficient (Wildman–Crippen LogP) is 4.95. The highest BCUT2D eigenvalue weighted by Crippen LogP contribution is 2.39. The highest BCUT2D eigenvalue weighted by Gasteiger charge is 2.31. The van der Waals surface area contributed by atoms with Crippen LogP contribution in [0.1, 0.15) is 40.2 Å². The van der Waals surface area contributed by atoms with Crippen molar-refractivity contribution < 1.29 is 14.3 Å². The summed E-state index contributed by atoms with van der Waals surface area (Å²) >= 11 is 4.97. The van der Waals surface area contributed by atoms with Crippen LogP contribution in [0.25, 0.3) is 6.08 Å². The number of halogens is 1. The second kappa shape index (κ2) is 9.46. The third kappa shape index (κ3) is 4.82. The SMILES string of the molecule is CCN=C1S/C(=C/c2cc(Br)c(OC(C)C)c(OCC)c2)C(=O)N1CC. The van der Waals surface area contributed by atoms with Gasteiger partial charge in [0.25, 0.3) is 5.91 Å². The maximum atomic E-state index is 12.6. The monoisotopic (exact) mass is 440 g/mol. The number of aliphatic imine (C=N–C) groups is 1. The predicted molar refractivity (Wildman–Crippen MR) is 112 cm³/mol. The smallest absolute Gasteiger partial charge is 0.266 e. The first kappa shape index (κ1) is 20.8. The Balaban J connectivity index is 2.41. The van der Waals surface area contributed by atoms with Crippen LogP contribution >= 0.6 is 27.7 Å². The summed E-state index contributed by atoms with van der Waals surface area (Å²) in [6.07, 6.45) is 1.91. The second-order valence-electron chi connectivity index (χ2n) is 5.85. The summed E-state index contributed by atoms with van der Waals surface area (Å²) in [4.78, 5) is 19.4. The first-order chi connectivity index (χ1) is 12.4. The highest BCUT2D eigenvalue weighted by molar-refractivity contribution is 9.10. The van der Waals surface area contributed by atoms with E-state index in [0.717, 1.165) is 15.2 Å². The summed E-state index contributed by atoms with van der Waals surface area (Å²) < 4.78 is 12.4. The molecule has 2 rings (SSSR count). The van der Waals surface area contributed by atoms with E-state index in [2.05, 4.69) is 20.9 Å². The highest BCUT2D eigenvalue weighted by atomic mass is 79.9. The van der Waals surface area contributed by atoms with Crippen molar-refractivity contribution in [3.8, 4) is 11.5 Å². The lowest BCUT2D eigenvalue weighted by molar-refractivity contribution is -0.122. The van der Waals surface area contributed by atoms with E-state index in [1.165, 1.54) is 11.8 Å². The van der Waals surface area contributed by atoms with Gasteiger partial charge in [-0.3, -0.25) is 14.7 Å². The molecule has 1 saturated heterocycles. The molecule has 0 saturated carbocycles. The molecule has 0 radical (unpaired) electrons. The number of ether oxygens (including phenoxy) is 2. The number of carbonyl (C=O) groups is 1. The van der Waals surface area contributed by atoms with Crippen molar-refractivity contribution in [1.29, 1.82) is 0 Å². The molecule has 0 N–H and O–H groups in total. The lowest BCUT2D eigenvalue weighted by Gasteiger charge is -2.17. The van der Waals surface area contributed by atoms with Crippen LogP contribution in [0, 0.1) is 0 Å². The number of benzene rings is 1. The number of hydrogen-bond acceptors (Lipinski definition) is 5. The van der Waals surface area contributed by atoms with E-state index in [9.17, 15) is 4.79 Å². The van der Waals surface area contributed by atoms with Crippen LogP contribution in [0.4, 0.5) is 0 Å². The van der Waals surface area contributed by atoms with Gasteiger partial charge in [0, 0.05) is 13.1 Å². The topological polar surface area (TPSA) is 51.1 Å². The zero-order valence-corrected chi connectivity index (χ0v) is 18.2. The fourth-order valence-corrected chi connectivity index (χ4v) is 4.13. The van der Waals surface area contributed by atoms with Gasteiger partial charge in [0.05, 0.1) is 22.1 Å². The molecule has 1 aliphatic heterocycles. The molecule has 0 aromatic heterocycles. The van der Waals surface area contributed by atoms with Gasteiger partial charge in [-0.05, 0) is 86.1 Å². The molecule has 0 unspecified atom stereocenters. The second-order valence-corrected chi connectivity index (χ2v) is 7.71. The number of likely N-dealkylation sites (N-methyl/N-ethyl adjacent to an activating group) is 1. The van der Waals surface area contributed by atoms with Crippen LogP contribution in [-0.4, -0.2) is 41.8 Å². The van der Waals surface area contributed by atoms with Crippen molar-refractivity contribution in [3.63, 3.8) is 0 Å². The fourth-order valence-electron chi connectivity index (χ4n) is 2.48. The van der Waals surface area contributed by atoms with Crippen molar-refractivity contribution in [2.75, 3.05) is 19.7 Å². The van der Waals surface area contributed by atoms with Gasteiger partial charge in [0.1, 0.15) is 0 Å². The summed E-state index contributed by atoms with van der Waals surface area (Å²) in [6.45, 7) is 11.6. The quantitative estimate of drug-likeness (QED) is 0.562. The molecular weight excluding hydrogens is 416 g/mol. The number of thioether (sulfide) groups is 1. The van der Waals surface area contributed by atoms with Gasteiger partial charge in [-0.25, -0.2) is 0 Å². The number of amidine groups is 1. The van der Waals surface area contributed by atoms with Gasteiger partial charge in [-0.1, -0.05) is 0 Å². The molecule has 0 spiro atoms. The first-order valence-electron chi connectivity index (χ1n) is 8.80. The van der Waals surface area contributed by atoms with Crippen LogP contribution in [0.15, 0.2) is 26.5 Å². The molecule has 1 aromatic carbocycles. The van der Waals surface area contributed by atoms with Gasteiger partial charge >= 0.3 is 0 Å². The molecule has 1 heterocycles. The molecule has 1 aliphatic rings. The minimum atomic E-state index is -0.0127. The van der Waals surface area contributed by atoms with Crippen LogP contribution in [-0.2, 0) is 4.79 Å². The molecule has 1 amide bonds. The van der Waals surface area contributed by atoms with Crippen molar-refractivity contribution in [1.82, 2.24) is 4.90 Å². The number of carbonyl (C=O) groups excluding carboxylic acids is 1. The Hall–Kier alpha value is -1.47. The van der Waals surface area contributed by atoms with Gasteiger partial charge < -0.3 is 9.47 Å². The molecule has 0 bridgehead atoms. The first-order valence-corrected chi connectivity index (χ1v) is 10.4. The van der Waals surface area contributed by atoms with E-state index < -0.39 is 0 Å². The van der Waals surface area contributed by atoms with Gasteiger partial charge in [0.2, 0.25) is 0 Å². The van der Waals surface area contributed by atoms with Crippen molar-refractivity contribution >= 4 is 44.8 Å². The van der Waals surface area contributed by atoms with E-state index in [4.69, 9.17) is 9.47 Å². The average Bonchev–Trinajstić information content (AvgIpc) is 2.86. The zero-order valence-electron chi connectivity index (χ0n) is 15.8. The fraction of sp³-hybridized carbons (Fsp3) is 0.474. The van der Waals surface area contributed by atoms with E-state index in [1.807, 2.05) is 52.8 Å². The number of nitrogens with zero attached hydrogens (tertiary/aromatic N) is 2. The van der Waals surface area contributed by atoms with Crippen LogP contribution in [0.3, 0.4) is 0 Å². The molecule has 142 valence electrons. The summed E-state index contributed by atoms with van der Waals surface area (Å²) in [5, 5.41) is 0.759. The van der Waals surface area contributed by atoms with E-state index >= 15 is 0 Å². The normalized spacial score (nSPS) is 17.7. The summed E-state index contributed by atoms with van der Waals surface area (Å²) in [6, 6.07) is 3.84. The molecule has 1 aromatic rings. The van der Waals surface area contributed by atoms with Crippen molar-refractivity contribution in [2.24, 2.45) is 4.99 Å². The molecule has 0 aliphatic carbocycles. The van der Waals surface area contributed by atoms with E-state index in [-0.39, 0.29) is 12.0 Å². The van der Waals surface area contributed by atoms with Crippen molar-refractivity contribution in [3.05, 3.63) is 27.1 Å². The van der Waals surface area contributed by atoms with Gasteiger partial charge in [0.15, 0.2) is 16.7 Å². The average molecular weight is 441 g/mol. The molecule has 7 heteroatoms. The summed E-state index contributed by atoms with van der Waals surface area (Å²) in [5.41, 5.74) is 0.876. The Morgan fingerprint density at radius 3 is 2.62 bits per heavy atom. The molecular formula is C19H25BrN2O3S. The Labute approximate surface area is 168 Å². The standard InChI is InChI=1S/C19H25BrN2O3S/c1-6-21-19-22(7-2)18(23)16(26-19)11-13-9-14(20)17(25-12(4)5)15(10-13)24-8-3/h9-12H,6-8H2,1-5H3/b16-11+,21-19?. The third-order valence-corrected chi connectivity index (χ3v) is 5.11. The minimum Gasteiger partial charge on any atom is -0.490 e. The van der Waals surface area contributed by atoms with E-state index in [1.54, 1.807) is 4.90 Å². The van der Waals surface area contributed by atoms with Crippen LogP contribution in [0.5, 0.6) is 11.5 Å². The van der Waals surface area contributed by atoms with Crippen LogP contribution < -0.4 is 9.47 Å². The maximum absolute atomic E-state index is 12.6. The third-order valence-electron chi connectivity index (χ3n) is 3.48. The number of hydrogen-bond donors (Lipinski definition) is 0. The zero-order chi connectivity index (χ0) is 19.3. The Morgan fingerprint density at radius 1 is 1.31 bits per heavy atom. The number of amides is 1. The lowest BCUT2D eigenvalue weighted by atomic mass is 10.1. The lowest BCUT2D eigenvalue weighted by Crippen LogP contribution is -2.28. The summed E-state index contributed by atoms with van der Waals surface area (Å²) in [5.74, 6) is 1.33. The van der Waals surface area contributed by atoms with Gasteiger partial charge in [-0.15, -0.1) is 0 Å². The summed E-state index contributed by atoms with van der Waals surface area (Å²) in [7, 11) is 0. The minimum absolute atomic E-state index is 0.0127. The molecule has 26 heavy (non-hydrogen) atoms. The maximum Gasteiger partial charge on any atom is 0.266 e. The van der Waals surface area contributed by atoms with E-state index in [0.29, 0.717) is 36.1 Å². The number of rotatable bonds is 7.